The molecule has 1 heterocycles. The first-order valence-corrected chi connectivity index (χ1v) is 10.9. The van der Waals surface area contributed by atoms with E-state index in [0.29, 0.717) is 17.9 Å². The highest BCUT2D eigenvalue weighted by Crippen LogP contribution is 2.37. The predicted octanol–water partition coefficient (Wildman–Crippen LogP) is 6.80. The van der Waals surface area contributed by atoms with Crippen molar-refractivity contribution in [3.05, 3.63) is 64.8 Å². The molecule has 1 fully saturated rings. The number of hydrogen-bond donors (Lipinski definition) is 0. The van der Waals surface area contributed by atoms with Gasteiger partial charge in [-0.2, -0.15) is 4.57 Å². The van der Waals surface area contributed by atoms with Crippen molar-refractivity contribution in [2.45, 2.75) is 65.7 Å². The van der Waals surface area contributed by atoms with Gasteiger partial charge in [-0.05, 0) is 72.2 Å². The normalized spacial score (nSPS) is 15.6. The number of aryl methyl sites for hydroxylation is 1. The molecule has 1 aliphatic carbocycles. The molecule has 3 aromatic rings. The van der Waals surface area contributed by atoms with Crippen LogP contribution in [0.4, 0.5) is 0 Å². The van der Waals surface area contributed by atoms with E-state index in [1.165, 1.54) is 59.0 Å². The number of rotatable bonds is 4. The van der Waals surface area contributed by atoms with E-state index in [1.807, 2.05) is 0 Å². The monoisotopic (exact) mass is 373 g/mol. The zero-order chi connectivity index (χ0) is 20.7. The van der Waals surface area contributed by atoms with Crippen LogP contribution >= 0.6 is 0 Å². The first-order valence-electron chi connectivity index (χ1n) is 11.4. The second kappa shape index (κ2) is 7.70. The van der Waals surface area contributed by atoms with Crippen LogP contribution in [0.2, 0.25) is 0 Å². The minimum Gasteiger partial charge on any atom is -0.198 e. The molecule has 0 bridgehead atoms. The Kier molecular flexibility index (Phi) is 4.93. The third-order valence-corrected chi connectivity index (χ3v) is 6.48. The molecule has 0 N–H and O–H groups in total. The minimum atomic E-state index is 0.618. The summed E-state index contributed by atoms with van der Waals surface area (Å²) in [6.07, 6.45) is 6.41. The van der Waals surface area contributed by atoms with E-state index < -0.39 is 0 Å². The van der Waals surface area contributed by atoms with Crippen LogP contribution in [-0.2, 0) is 13.5 Å². The maximum absolute atomic E-state index is 8.78. The fourth-order valence-corrected chi connectivity index (χ4v) is 4.86. The Morgan fingerprint density at radius 1 is 1.07 bits per heavy atom. The van der Waals surface area contributed by atoms with Crippen molar-refractivity contribution in [3.63, 3.8) is 0 Å². The molecule has 0 atom stereocenters. The Morgan fingerprint density at radius 3 is 2.54 bits per heavy atom. The number of fused-ring (bicyclic) bond motifs is 1. The van der Waals surface area contributed by atoms with Gasteiger partial charge >= 0.3 is 0 Å². The topological polar surface area (TPSA) is 3.88 Å². The summed E-state index contributed by atoms with van der Waals surface area (Å²) in [6.45, 7) is 8.81. The molecule has 2 aromatic carbocycles. The lowest BCUT2D eigenvalue weighted by Gasteiger charge is -2.15. The summed E-state index contributed by atoms with van der Waals surface area (Å²) in [7, 11) is 2.12. The number of benzene rings is 2. The van der Waals surface area contributed by atoms with Gasteiger partial charge in [0.2, 0.25) is 5.69 Å². The van der Waals surface area contributed by atoms with E-state index in [9.17, 15) is 0 Å². The van der Waals surface area contributed by atoms with Crippen molar-refractivity contribution in [1.82, 2.24) is 0 Å². The summed E-state index contributed by atoms with van der Waals surface area (Å²) in [4.78, 5) is 0. The fraction of sp³-hybridized carbons (Fsp3) is 0.444. The van der Waals surface area contributed by atoms with Gasteiger partial charge < -0.3 is 0 Å². The van der Waals surface area contributed by atoms with Crippen molar-refractivity contribution in [1.29, 1.82) is 0 Å². The highest BCUT2D eigenvalue weighted by Gasteiger charge is 2.23. The zero-order valence-corrected chi connectivity index (χ0v) is 18.1. The molecule has 1 heteroatoms. The summed E-state index contributed by atoms with van der Waals surface area (Å²) in [5.41, 5.74) is 7.73. The average Bonchev–Trinajstić information content (AvgIpc) is 3.22. The van der Waals surface area contributed by atoms with E-state index in [0.717, 1.165) is 17.5 Å². The van der Waals surface area contributed by atoms with E-state index in [2.05, 4.69) is 75.7 Å². The van der Waals surface area contributed by atoms with E-state index >= 15 is 0 Å². The van der Waals surface area contributed by atoms with Crippen LogP contribution in [0.3, 0.4) is 0 Å². The molecule has 0 saturated heterocycles. The fourth-order valence-electron chi connectivity index (χ4n) is 4.86. The van der Waals surface area contributed by atoms with E-state index in [1.54, 1.807) is 0 Å². The number of pyridine rings is 1. The Hall–Kier alpha value is -2.15. The SMILES string of the molecule is [2H]c1c(C)[n+](C)c(-c2cc(C3CCCC3)ccc2C)c2ccc(CC(C)C)cc12. The largest absolute Gasteiger partial charge is 0.220 e. The molecule has 0 aliphatic heterocycles. The highest BCUT2D eigenvalue weighted by atomic mass is 14.9. The van der Waals surface area contributed by atoms with Crippen LogP contribution < -0.4 is 4.57 Å². The lowest BCUT2D eigenvalue weighted by Crippen LogP contribution is -2.35. The molecular formula is C27H34N+. The Balaban J connectivity index is 1.95. The number of hydrogen-bond acceptors (Lipinski definition) is 0. The van der Waals surface area contributed by atoms with Gasteiger partial charge in [0.05, 0.1) is 6.76 Å². The average molecular weight is 374 g/mol. The predicted molar refractivity (Wildman–Crippen MR) is 120 cm³/mol. The zero-order valence-electron chi connectivity index (χ0n) is 19.1. The Bertz CT molecular complexity index is 1060. The maximum Gasteiger partial charge on any atom is 0.220 e. The van der Waals surface area contributed by atoms with E-state index in [-0.39, 0.29) is 0 Å². The third-order valence-electron chi connectivity index (χ3n) is 6.48. The Labute approximate surface area is 171 Å². The van der Waals surface area contributed by atoms with Crippen LogP contribution in [0, 0.1) is 19.8 Å². The molecule has 0 amide bonds. The van der Waals surface area contributed by atoms with Crippen molar-refractivity contribution in [2.24, 2.45) is 13.0 Å². The van der Waals surface area contributed by atoms with Crippen LogP contribution in [0.15, 0.2) is 42.4 Å². The van der Waals surface area contributed by atoms with Crippen molar-refractivity contribution in [2.75, 3.05) is 0 Å². The Morgan fingerprint density at radius 2 is 1.82 bits per heavy atom. The standard InChI is InChI=1S/C27H34N/c1-18(2)14-21-11-13-25-24(16-21)15-20(4)28(5)27(25)26-17-23(12-10-19(26)3)22-8-6-7-9-22/h10-13,15-18,22H,6-9,14H2,1-5H3/q+1/i15D. The molecule has 1 nitrogen and oxygen atoms in total. The highest BCUT2D eigenvalue weighted by molar-refractivity contribution is 5.94. The summed E-state index contributed by atoms with van der Waals surface area (Å²) >= 11 is 0. The van der Waals surface area contributed by atoms with Gasteiger partial charge in [-0.15, -0.1) is 0 Å². The minimum absolute atomic E-state index is 0.618. The first kappa shape index (κ1) is 17.9. The van der Waals surface area contributed by atoms with Crippen LogP contribution in [0.5, 0.6) is 0 Å². The van der Waals surface area contributed by atoms with Crippen LogP contribution in [-0.4, -0.2) is 0 Å². The molecular weight excluding hydrogens is 338 g/mol. The van der Waals surface area contributed by atoms with Gasteiger partial charge in [0, 0.05) is 18.5 Å². The summed E-state index contributed by atoms with van der Waals surface area (Å²) in [6, 6.07) is 14.5. The maximum atomic E-state index is 8.78. The first-order chi connectivity index (χ1) is 13.9. The number of aromatic nitrogens is 1. The van der Waals surface area contributed by atoms with Crippen LogP contribution in [0.25, 0.3) is 22.0 Å². The van der Waals surface area contributed by atoms with Gasteiger partial charge in [0.1, 0.15) is 7.05 Å². The molecule has 1 aliphatic rings. The third kappa shape index (κ3) is 3.60. The van der Waals surface area contributed by atoms with Crippen molar-refractivity contribution in [3.8, 4) is 11.3 Å². The molecule has 1 aromatic heterocycles. The van der Waals surface area contributed by atoms with E-state index in [4.69, 9.17) is 1.37 Å². The van der Waals surface area contributed by atoms with Crippen LogP contribution in [0.1, 0.15) is 69.2 Å². The van der Waals surface area contributed by atoms with Crippen molar-refractivity contribution >= 4 is 10.8 Å². The van der Waals surface area contributed by atoms with Gasteiger partial charge in [-0.25, -0.2) is 0 Å². The smallest absolute Gasteiger partial charge is 0.198 e. The number of nitrogens with zero attached hydrogens (tertiary/aromatic N) is 1. The summed E-state index contributed by atoms with van der Waals surface area (Å²) < 4.78 is 11.0. The van der Waals surface area contributed by atoms with Gasteiger partial charge in [0.25, 0.3) is 0 Å². The van der Waals surface area contributed by atoms with Crippen molar-refractivity contribution < 1.29 is 5.94 Å². The molecule has 146 valence electrons. The second-order valence-electron chi connectivity index (χ2n) is 9.15. The molecule has 0 radical (unpaired) electrons. The molecule has 4 rings (SSSR count). The quantitative estimate of drug-likeness (QED) is 0.443. The summed E-state index contributed by atoms with van der Waals surface area (Å²) in [5, 5.41) is 2.28. The van der Waals surface area contributed by atoms with Gasteiger partial charge in [0.15, 0.2) is 5.69 Å². The van der Waals surface area contributed by atoms with Gasteiger partial charge in [-0.3, -0.25) is 0 Å². The molecule has 1 saturated carbocycles. The lowest BCUT2D eigenvalue weighted by molar-refractivity contribution is -0.665. The summed E-state index contributed by atoms with van der Waals surface area (Å²) in [5.74, 6) is 1.33. The van der Waals surface area contributed by atoms with Gasteiger partial charge in [-0.1, -0.05) is 51.0 Å². The molecule has 0 unspecified atom stereocenters. The molecule has 28 heavy (non-hydrogen) atoms. The lowest BCUT2D eigenvalue weighted by atomic mass is 9.90. The molecule has 0 spiro atoms. The second-order valence-corrected chi connectivity index (χ2v) is 9.15.